The lowest BCUT2D eigenvalue weighted by molar-refractivity contribution is 0.615. The van der Waals surface area contributed by atoms with Crippen LogP contribution in [0.2, 0.25) is 0 Å². The number of hydrogen-bond donors (Lipinski definition) is 0. The Hall–Kier alpha value is -2.32. The average Bonchev–Trinajstić information content (AvgIpc) is 3.01. The molecule has 0 saturated carbocycles. The molecule has 1 heterocycles. The molecule has 4 aromatic rings. The minimum atomic E-state index is 0.888. The molecule has 0 aliphatic heterocycles. The number of rotatable bonds is 2. The lowest BCUT2D eigenvalue weighted by Gasteiger charge is -2.05. The van der Waals surface area contributed by atoms with E-state index in [-0.39, 0.29) is 0 Å². The molecule has 0 bridgehead atoms. The van der Waals surface area contributed by atoms with Gasteiger partial charge in [0.2, 0.25) is 0 Å². The molecule has 0 atom stereocenters. The third-order valence-electron chi connectivity index (χ3n) is 3.82. The van der Waals surface area contributed by atoms with E-state index < -0.39 is 0 Å². The van der Waals surface area contributed by atoms with Crippen LogP contribution in [0.15, 0.2) is 87.9 Å². The monoisotopic (exact) mass is 348 g/mol. The summed E-state index contributed by atoms with van der Waals surface area (Å²) < 4.78 is 6.76. The minimum absolute atomic E-state index is 0.888. The van der Waals surface area contributed by atoms with Gasteiger partial charge < -0.3 is 4.42 Å². The zero-order valence-electron chi connectivity index (χ0n) is 11.8. The summed E-state index contributed by atoms with van der Waals surface area (Å²) in [4.78, 5) is 0. The highest BCUT2D eigenvalue weighted by Crippen LogP contribution is 2.37. The molecule has 1 aromatic heterocycles. The fourth-order valence-electron chi connectivity index (χ4n) is 2.73. The average molecular weight is 349 g/mol. The number of halogens is 1. The van der Waals surface area contributed by atoms with Gasteiger partial charge in [0.05, 0.1) is 10.7 Å². The SMILES string of the molecule is Brc1cc(-c2ccccc2)cc2c(-c3ccccc3)coc12. The van der Waals surface area contributed by atoms with Gasteiger partial charge in [0.1, 0.15) is 5.58 Å². The van der Waals surface area contributed by atoms with E-state index in [2.05, 4.69) is 64.5 Å². The Balaban J connectivity index is 1.97. The van der Waals surface area contributed by atoms with Crippen molar-refractivity contribution in [3.05, 3.63) is 83.5 Å². The van der Waals surface area contributed by atoms with E-state index in [0.29, 0.717) is 0 Å². The summed E-state index contributed by atoms with van der Waals surface area (Å²) >= 11 is 3.64. The van der Waals surface area contributed by atoms with Crippen molar-refractivity contribution in [2.75, 3.05) is 0 Å². The number of hydrogen-bond acceptors (Lipinski definition) is 1. The summed E-state index contributed by atoms with van der Waals surface area (Å²) in [7, 11) is 0. The summed E-state index contributed by atoms with van der Waals surface area (Å²) in [6.07, 6.45) is 1.83. The van der Waals surface area contributed by atoms with Crippen molar-refractivity contribution in [1.82, 2.24) is 0 Å². The van der Waals surface area contributed by atoms with Gasteiger partial charge in [0.25, 0.3) is 0 Å². The number of furan rings is 1. The van der Waals surface area contributed by atoms with Crippen LogP contribution in [-0.4, -0.2) is 0 Å². The standard InChI is InChI=1S/C20H13BrO/c21-19-12-16(14-7-3-1-4-8-14)11-17-18(13-22-20(17)19)15-9-5-2-6-10-15/h1-13H. The Bertz CT molecular complexity index is 924. The molecule has 0 unspecified atom stereocenters. The fraction of sp³-hybridized carbons (Fsp3) is 0. The van der Waals surface area contributed by atoms with Crippen molar-refractivity contribution in [2.45, 2.75) is 0 Å². The molecule has 106 valence electrons. The van der Waals surface area contributed by atoms with Crippen molar-refractivity contribution in [3.8, 4) is 22.3 Å². The molecule has 3 aromatic carbocycles. The lowest BCUT2D eigenvalue weighted by Crippen LogP contribution is -1.80. The van der Waals surface area contributed by atoms with Gasteiger partial charge in [-0.05, 0) is 44.8 Å². The van der Waals surface area contributed by atoms with Crippen molar-refractivity contribution in [3.63, 3.8) is 0 Å². The van der Waals surface area contributed by atoms with Crippen molar-refractivity contribution in [1.29, 1.82) is 0 Å². The summed E-state index contributed by atoms with van der Waals surface area (Å²) in [5, 5.41) is 1.12. The summed E-state index contributed by atoms with van der Waals surface area (Å²) in [6, 6.07) is 25.0. The minimum Gasteiger partial charge on any atom is -0.462 e. The first kappa shape index (κ1) is 13.4. The van der Waals surface area contributed by atoms with Crippen LogP contribution in [0, 0.1) is 0 Å². The predicted octanol–water partition coefficient (Wildman–Crippen LogP) is 6.53. The van der Waals surface area contributed by atoms with Crippen LogP contribution in [0.4, 0.5) is 0 Å². The van der Waals surface area contributed by atoms with E-state index in [4.69, 9.17) is 4.42 Å². The van der Waals surface area contributed by atoms with Gasteiger partial charge in [-0.1, -0.05) is 60.7 Å². The van der Waals surface area contributed by atoms with E-state index in [1.165, 1.54) is 16.7 Å². The highest BCUT2D eigenvalue weighted by atomic mass is 79.9. The van der Waals surface area contributed by atoms with Crippen LogP contribution in [0.5, 0.6) is 0 Å². The van der Waals surface area contributed by atoms with E-state index >= 15 is 0 Å². The van der Waals surface area contributed by atoms with Gasteiger partial charge in [-0.3, -0.25) is 0 Å². The molecule has 0 spiro atoms. The van der Waals surface area contributed by atoms with Crippen LogP contribution in [0.25, 0.3) is 33.2 Å². The van der Waals surface area contributed by atoms with Gasteiger partial charge in [-0.2, -0.15) is 0 Å². The van der Waals surface area contributed by atoms with Gasteiger partial charge in [-0.25, -0.2) is 0 Å². The molecule has 0 saturated heterocycles. The van der Waals surface area contributed by atoms with E-state index in [0.717, 1.165) is 21.0 Å². The first-order valence-electron chi connectivity index (χ1n) is 7.14. The van der Waals surface area contributed by atoms with Crippen LogP contribution < -0.4 is 0 Å². The highest BCUT2D eigenvalue weighted by molar-refractivity contribution is 9.10. The maximum Gasteiger partial charge on any atom is 0.148 e. The fourth-order valence-corrected chi connectivity index (χ4v) is 3.29. The largest absolute Gasteiger partial charge is 0.462 e. The van der Waals surface area contributed by atoms with Gasteiger partial charge in [0, 0.05) is 10.9 Å². The summed E-state index contributed by atoms with van der Waals surface area (Å²) in [5.41, 5.74) is 5.55. The molecule has 22 heavy (non-hydrogen) atoms. The molecule has 0 radical (unpaired) electrons. The van der Waals surface area contributed by atoms with E-state index in [1.807, 2.05) is 30.5 Å². The normalized spacial score (nSPS) is 11.0. The Labute approximate surface area is 137 Å². The second-order valence-electron chi connectivity index (χ2n) is 5.22. The van der Waals surface area contributed by atoms with E-state index in [9.17, 15) is 0 Å². The van der Waals surface area contributed by atoms with Crippen LogP contribution in [0.1, 0.15) is 0 Å². The zero-order valence-corrected chi connectivity index (χ0v) is 13.4. The molecular formula is C20H13BrO. The maximum absolute atomic E-state index is 5.78. The first-order valence-corrected chi connectivity index (χ1v) is 7.94. The molecule has 0 fully saturated rings. The van der Waals surface area contributed by atoms with Crippen molar-refractivity contribution >= 4 is 26.9 Å². The molecule has 0 amide bonds. The highest BCUT2D eigenvalue weighted by Gasteiger charge is 2.12. The van der Waals surface area contributed by atoms with Crippen molar-refractivity contribution < 1.29 is 4.42 Å². The third-order valence-corrected chi connectivity index (χ3v) is 4.41. The smallest absolute Gasteiger partial charge is 0.148 e. The van der Waals surface area contributed by atoms with Gasteiger partial charge in [-0.15, -0.1) is 0 Å². The maximum atomic E-state index is 5.78. The first-order chi connectivity index (χ1) is 10.8. The number of fused-ring (bicyclic) bond motifs is 1. The Morgan fingerprint density at radius 1 is 0.682 bits per heavy atom. The molecule has 1 nitrogen and oxygen atoms in total. The molecule has 2 heteroatoms. The number of benzene rings is 3. The quantitative estimate of drug-likeness (QED) is 0.401. The zero-order chi connectivity index (χ0) is 14.9. The van der Waals surface area contributed by atoms with Gasteiger partial charge >= 0.3 is 0 Å². The second-order valence-corrected chi connectivity index (χ2v) is 6.07. The predicted molar refractivity (Wildman–Crippen MR) is 94.8 cm³/mol. The lowest BCUT2D eigenvalue weighted by atomic mass is 10.00. The van der Waals surface area contributed by atoms with Crippen LogP contribution in [-0.2, 0) is 0 Å². The van der Waals surface area contributed by atoms with Crippen LogP contribution >= 0.6 is 15.9 Å². The molecule has 0 aliphatic carbocycles. The summed E-state index contributed by atoms with van der Waals surface area (Å²) in [6.45, 7) is 0. The van der Waals surface area contributed by atoms with Gasteiger partial charge in [0.15, 0.2) is 0 Å². The topological polar surface area (TPSA) is 13.1 Å². The summed E-state index contributed by atoms with van der Waals surface area (Å²) in [5.74, 6) is 0. The van der Waals surface area contributed by atoms with E-state index in [1.54, 1.807) is 0 Å². The Morgan fingerprint density at radius 2 is 1.32 bits per heavy atom. The Kier molecular flexibility index (Phi) is 3.32. The molecule has 4 rings (SSSR count). The Morgan fingerprint density at radius 3 is 2.00 bits per heavy atom. The molecule has 0 aliphatic rings. The molecule has 0 N–H and O–H groups in total. The van der Waals surface area contributed by atoms with Crippen LogP contribution in [0.3, 0.4) is 0 Å². The van der Waals surface area contributed by atoms with Crippen molar-refractivity contribution in [2.24, 2.45) is 0 Å². The molecular weight excluding hydrogens is 336 g/mol. The second kappa shape index (κ2) is 5.47. The third kappa shape index (κ3) is 2.26.